The van der Waals surface area contributed by atoms with Crippen LogP contribution in [0.4, 0.5) is 0 Å². The number of hydrogen-bond donors (Lipinski definition) is 2. The van der Waals surface area contributed by atoms with Crippen LogP contribution in [0.15, 0.2) is 52.8 Å². The summed E-state index contributed by atoms with van der Waals surface area (Å²) >= 11 is 1.54. The van der Waals surface area contributed by atoms with E-state index in [2.05, 4.69) is 36.2 Å². The third-order valence-corrected chi connectivity index (χ3v) is 7.60. The highest BCUT2D eigenvalue weighted by molar-refractivity contribution is 7.13. The summed E-state index contributed by atoms with van der Waals surface area (Å²) in [6, 6.07) is 10.1. The zero-order valence-electron chi connectivity index (χ0n) is 23.2. The Bertz CT molecular complexity index is 1300. The molecule has 2 heterocycles. The molecule has 1 amide bonds. The number of amides is 1. The normalized spacial score (nSPS) is 13.1. The van der Waals surface area contributed by atoms with E-state index in [-0.39, 0.29) is 23.8 Å². The van der Waals surface area contributed by atoms with Crippen molar-refractivity contribution < 1.29 is 14.7 Å². The van der Waals surface area contributed by atoms with Gasteiger partial charge in [-0.3, -0.25) is 14.4 Å². The van der Waals surface area contributed by atoms with E-state index in [4.69, 9.17) is 0 Å². The minimum absolute atomic E-state index is 0.153. The second kappa shape index (κ2) is 13.0. The van der Waals surface area contributed by atoms with Crippen molar-refractivity contribution in [3.63, 3.8) is 0 Å². The zero-order valence-corrected chi connectivity index (χ0v) is 24.0. The van der Waals surface area contributed by atoms with Crippen molar-refractivity contribution in [1.82, 2.24) is 14.8 Å². The van der Waals surface area contributed by atoms with Gasteiger partial charge in [-0.15, -0.1) is 11.3 Å². The first kappa shape index (κ1) is 29.3. The van der Waals surface area contributed by atoms with Gasteiger partial charge in [-0.2, -0.15) is 0 Å². The molecule has 1 aromatic carbocycles. The lowest BCUT2D eigenvalue weighted by atomic mass is 9.99. The molecule has 0 saturated carbocycles. The van der Waals surface area contributed by atoms with Gasteiger partial charge in [0, 0.05) is 23.7 Å². The van der Waals surface area contributed by atoms with Gasteiger partial charge in [-0.05, 0) is 92.0 Å². The predicted molar refractivity (Wildman–Crippen MR) is 154 cm³/mol. The molecule has 0 aliphatic rings. The molecule has 0 radical (unpaired) electrons. The summed E-state index contributed by atoms with van der Waals surface area (Å²) in [4.78, 5) is 41.5. The number of likely N-dealkylation sites (N-methyl/N-ethyl adjacent to an activating group) is 1. The summed E-state index contributed by atoms with van der Waals surface area (Å²) in [5, 5.41) is 14.5. The summed E-state index contributed by atoms with van der Waals surface area (Å²) in [5.74, 6) is -1.20. The molecule has 2 atom stereocenters. The summed E-state index contributed by atoms with van der Waals surface area (Å²) in [7, 11) is 3.97. The first-order valence-corrected chi connectivity index (χ1v) is 13.9. The number of pyridine rings is 1. The van der Waals surface area contributed by atoms with Gasteiger partial charge in [0.1, 0.15) is 6.04 Å². The third kappa shape index (κ3) is 7.65. The number of aromatic nitrogens is 1. The fraction of sp³-hybridized carbons (Fsp3) is 0.433. The van der Waals surface area contributed by atoms with E-state index in [1.807, 2.05) is 51.5 Å². The lowest BCUT2D eigenvalue weighted by molar-refractivity contribution is -0.138. The molecular formula is C30H39N3O4S. The number of carbonyl (C=O) groups excluding carboxylic acids is 1. The fourth-order valence-corrected chi connectivity index (χ4v) is 5.79. The summed E-state index contributed by atoms with van der Waals surface area (Å²) < 4.78 is 1.47. The molecule has 8 heteroatoms. The Hall–Kier alpha value is -3.23. The SMILES string of the molecule is Cc1cccc(C)c1-c1cc([C@@H](CC(=O)O)NC(=O)[C@H](CC(C)C)n2ccc(CCN(C)C)cc2=O)cs1. The van der Waals surface area contributed by atoms with Crippen molar-refractivity contribution in [3.05, 3.63) is 80.6 Å². The van der Waals surface area contributed by atoms with E-state index >= 15 is 0 Å². The number of aliphatic carboxylic acids is 1. The molecule has 204 valence electrons. The van der Waals surface area contributed by atoms with Crippen molar-refractivity contribution >= 4 is 23.2 Å². The van der Waals surface area contributed by atoms with Gasteiger partial charge in [0.25, 0.3) is 5.56 Å². The predicted octanol–water partition coefficient (Wildman–Crippen LogP) is 5.22. The van der Waals surface area contributed by atoms with Crippen LogP contribution in [-0.2, 0) is 16.0 Å². The van der Waals surface area contributed by atoms with Crippen LogP contribution in [0.2, 0.25) is 0 Å². The first-order chi connectivity index (χ1) is 18.0. The van der Waals surface area contributed by atoms with Gasteiger partial charge >= 0.3 is 5.97 Å². The maximum atomic E-state index is 13.6. The van der Waals surface area contributed by atoms with Crippen LogP contribution in [0.1, 0.15) is 61.0 Å². The van der Waals surface area contributed by atoms with Crippen LogP contribution in [0.5, 0.6) is 0 Å². The first-order valence-electron chi connectivity index (χ1n) is 13.0. The van der Waals surface area contributed by atoms with Gasteiger partial charge in [0.15, 0.2) is 0 Å². The molecule has 0 bridgehead atoms. The number of rotatable bonds is 12. The second-order valence-corrected chi connectivity index (χ2v) is 11.6. The third-order valence-electron chi connectivity index (χ3n) is 6.64. The number of thiophene rings is 1. The van der Waals surface area contributed by atoms with Crippen LogP contribution < -0.4 is 10.9 Å². The molecule has 0 spiro atoms. The van der Waals surface area contributed by atoms with E-state index < -0.39 is 18.1 Å². The number of carboxylic acid groups (broad SMARTS) is 1. The second-order valence-electron chi connectivity index (χ2n) is 10.6. The molecule has 7 nitrogen and oxygen atoms in total. The topological polar surface area (TPSA) is 91.6 Å². The number of carboxylic acids is 1. The molecule has 38 heavy (non-hydrogen) atoms. The van der Waals surface area contributed by atoms with Gasteiger partial charge in [-0.1, -0.05) is 32.0 Å². The van der Waals surface area contributed by atoms with E-state index in [0.717, 1.165) is 45.7 Å². The number of nitrogens with one attached hydrogen (secondary N) is 1. The Labute approximate surface area is 229 Å². The highest BCUT2D eigenvalue weighted by Crippen LogP contribution is 2.35. The lowest BCUT2D eigenvalue weighted by Crippen LogP contribution is -2.40. The number of benzene rings is 1. The number of aryl methyl sites for hydroxylation is 2. The van der Waals surface area contributed by atoms with Crippen molar-refractivity contribution in [2.45, 2.75) is 59.0 Å². The van der Waals surface area contributed by atoms with Crippen LogP contribution in [-0.4, -0.2) is 47.1 Å². The van der Waals surface area contributed by atoms with Crippen molar-refractivity contribution in [2.24, 2.45) is 5.92 Å². The minimum atomic E-state index is -1.00. The van der Waals surface area contributed by atoms with Crippen molar-refractivity contribution in [3.8, 4) is 10.4 Å². The largest absolute Gasteiger partial charge is 0.481 e. The molecule has 0 fully saturated rings. The molecule has 2 N–H and O–H groups in total. The maximum Gasteiger partial charge on any atom is 0.305 e. The van der Waals surface area contributed by atoms with E-state index in [0.29, 0.717) is 6.42 Å². The number of hydrogen-bond acceptors (Lipinski definition) is 5. The zero-order chi connectivity index (χ0) is 28.0. The average Bonchev–Trinajstić information content (AvgIpc) is 3.30. The molecular weight excluding hydrogens is 498 g/mol. The van der Waals surface area contributed by atoms with Crippen molar-refractivity contribution in [2.75, 3.05) is 20.6 Å². The van der Waals surface area contributed by atoms with Crippen LogP contribution in [0.25, 0.3) is 10.4 Å². The smallest absolute Gasteiger partial charge is 0.305 e. The van der Waals surface area contributed by atoms with Crippen LogP contribution >= 0.6 is 11.3 Å². The van der Waals surface area contributed by atoms with Crippen LogP contribution in [0, 0.1) is 19.8 Å². The number of nitrogens with zero attached hydrogens (tertiary/aromatic N) is 2. The summed E-state index contributed by atoms with van der Waals surface area (Å²) in [6.45, 7) is 8.93. The Kier molecular flexibility index (Phi) is 10.1. The van der Waals surface area contributed by atoms with E-state index in [1.54, 1.807) is 12.3 Å². The molecule has 0 aliphatic carbocycles. The monoisotopic (exact) mass is 537 g/mol. The molecule has 0 unspecified atom stereocenters. The van der Waals surface area contributed by atoms with Gasteiger partial charge < -0.3 is 19.9 Å². The van der Waals surface area contributed by atoms with Gasteiger partial charge in [-0.25, -0.2) is 0 Å². The Morgan fingerprint density at radius 2 is 1.79 bits per heavy atom. The molecule has 0 saturated heterocycles. The molecule has 3 rings (SSSR count). The lowest BCUT2D eigenvalue weighted by Gasteiger charge is -2.24. The maximum absolute atomic E-state index is 13.6. The average molecular weight is 538 g/mol. The Morgan fingerprint density at radius 3 is 2.37 bits per heavy atom. The van der Waals surface area contributed by atoms with Crippen LogP contribution in [0.3, 0.4) is 0 Å². The Morgan fingerprint density at radius 1 is 1.11 bits per heavy atom. The highest BCUT2D eigenvalue weighted by Gasteiger charge is 2.27. The molecule has 2 aromatic heterocycles. The van der Waals surface area contributed by atoms with E-state index in [9.17, 15) is 19.5 Å². The quantitative estimate of drug-likeness (QED) is 0.331. The van der Waals surface area contributed by atoms with Crippen molar-refractivity contribution in [1.29, 1.82) is 0 Å². The van der Waals surface area contributed by atoms with E-state index in [1.165, 1.54) is 15.9 Å². The standard InChI is InChI=1S/C30H39N3O4S/c1-19(2)14-25(33-13-11-22(15-27(33)34)10-12-32(5)6)30(37)31-24(17-28(35)36)23-16-26(38-18-23)29-20(3)8-7-9-21(29)4/h7-9,11,13,15-16,18-19,24-25H,10,12,14,17H2,1-6H3,(H,31,37)(H,35,36)/t24-,25+/m1/s1. The fourth-order valence-electron chi connectivity index (χ4n) is 4.65. The minimum Gasteiger partial charge on any atom is -0.481 e. The molecule has 3 aromatic rings. The summed E-state index contributed by atoms with van der Waals surface area (Å²) in [5.41, 5.74) is 4.85. The van der Waals surface area contributed by atoms with Gasteiger partial charge in [0.05, 0.1) is 12.5 Å². The molecule has 0 aliphatic heterocycles. The van der Waals surface area contributed by atoms with Gasteiger partial charge in [0.2, 0.25) is 5.91 Å². The number of carbonyl (C=O) groups is 2. The summed E-state index contributed by atoms with van der Waals surface area (Å²) in [6.07, 6.45) is 2.64. The Balaban J connectivity index is 1.90. The highest BCUT2D eigenvalue weighted by atomic mass is 32.1.